The molecular formula is C13H16O3. The van der Waals surface area contributed by atoms with Crippen LogP contribution in [0, 0.1) is 0 Å². The summed E-state index contributed by atoms with van der Waals surface area (Å²) in [4.78, 5) is 10.9. The molecule has 0 aliphatic rings. The highest BCUT2D eigenvalue weighted by atomic mass is 16.7. The molecule has 0 aliphatic carbocycles. The Bertz CT molecular complexity index is 339. The Labute approximate surface area is 95.7 Å². The van der Waals surface area contributed by atoms with Crippen molar-refractivity contribution in [3.8, 4) is 0 Å². The zero-order chi connectivity index (χ0) is 11.8. The molecule has 0 N–H and O–H groups in total. The zero-order valence-corrected chi connectivity index (χ0v) is 9.55. The first-order chi connectivity index (χ1) is 7.80. The standard InChI is InChI=1S/C13H16O3/c1-15-13(16-2)9-12(10-14)8-11-6-4-3-5-7-11/h3-8,10,13H,9H2,1-2H3. The average Bonchev–Trinajstić information content (AvgIpc) is 2.35. The summed E-state index contributed by atoms with van der Waals surface area (Å²) in [6, 6.07) is 9.68. The molecule has 0 unspecified atom stereocenters. The molecule has 0 fully saturated rings. The summed E-state index contributed by atoms with van der Waals surface area (Å²) < 4.78 is 10.1. The van der Waals surface area contributed by atoms with Gasteiger partial charge < -0.3 is 9.47 Å². The smallest absolute Gasteiger partial charge is 0.160 e. The second-order valence-corrected chi connectivity index (χ2v) is 3.35. The van der Waals surface area contributed by atoms with E-state index >= 15 is 0 Å². The number of carbonyl (C=O) groups is 1. The monoisotopic (exact) mass is 220 g/mol. The van der Waals surface area contributed by atoms with Crippen molar-refractivity contribution in [3.63, 3.8) is 0 Å². The zero-order valence-electron chi connectivity index (χ0n) is 9.55. The lowest BCUT2D eigenvalue weighted by Gasteiger charge is -2.12. The van der Waals surface area contributed by atoms with Crippen LogP contribution >= 0.6 is 0 Å². The molecule has 0 spiro atoms. The average molecular weight is 220 g/mol. The Kier molecular flexibility index (Phi) is 5.46. The number of ether oxygens (including phenoxy) is 2. The van der Waals surface area contributed by atoms with E-state index in [0.29, 0.717) is 12.0 Å². The number of carbonyl (C=O) groups excluding carboxylic acids is 1. The third-order valence-corrected chi connectivity index (χ3v) is 2.23. The Balaban J connectivity index is 2.74. The highest BCUT2D eigenvalue weighted by Gasteiger charge is 2.08. The molecule has 0 heterocycles. The maximum Gasteiger partial charge on any atom is 0.160 e. The molecule has 0 radical (unpaired) electrons. The van der Waals surface area contributed by atoms with E-state index in [1.807, 2.05) is 36.4 Å². The number of aldehydes is 1. The van der Waals surface area contributed by atoms with E-state index in [1.54, 1.807) is 14.2 Å². The van der Waals surface area contributed by atoms with Crippen LogP contribution in [0.4, 0.5) is 0 Å². The topological polar surface area (TPSA) is 35.5 Å². The summed E-state index contributed by atoms with van der Waals surface area (Å²) in [7, 11) is 3.11. The summed E-state index contributed by atoms with van der Waals surface area (Å²) in [6.07, 6.45) is 2.74. The van der Waals surface area contributed by atoms with E-state index in [1.165, 1.54) is 0 Å². The number of methoxy groups -OCH3 is 2. The van der Waals surface area contributed by atoms with Crippen LogP contribution in [0.3, 0.4) is 0 Å². The van der Waals surface area contributed by atoms with Crippen molar-refractivity contribution in [2.24, 2.45) is 0 Å². The van der Waals surface area contributed by atoms with Gasteiger partial charge in [0.15, 0.2) is 6.29 Å². The first-order valence-electron chi connectivity index (χ1n) is 5.06. The minimum Gasteiger partial charge on any atom is -0.356 e. The van der Waals surface area contributed by atoms with Crippen LogP contribution in [0.15, 0.2) is 35.9 Å². The lowest BCUT2D eigenvalue weighted by atomic mass is 10.1. The predicted octanol–water partition coefficient (Wildman–Crippen LogP) is 2.28. The molecule has 0 saturated carbocycles. The van der Waals surface area contributed by atoms with Gasteiger partial charge in [0.2, 0.25) is 0 Å². The molecule has 3 heteroatoms. The number of rotatable bonds is 6. The van der Waals surface area contributed by atoms with Crippen LogP contribution in [0.2, 0.25) is 0 Å². The Morgan fingerprint density at radius 2 is 1.88 bits per heavy atom. The van der Waals surface area contributed by atoms with Crippen LogP contribution in [0.25, 0.3) is 6.08 Å². The van der Waals surface area contributed by atoms with Crippen LogP contribution in [-0.2, 0) is 14.3 Å². The van der Waals surface area contributed by atoms with Gasteiger partial charge in [-0.25, -0.2) is 0 Å². The Morgan fingerprint density at radius 1 is 1.25 bits per heavy atom. The van der Waals surface area contributed by atoms with Crippen molar-refractivity contribution in [1.29, 1.82) is 0 Å². The van der Waals surface area contributed by atoms with Crippen LogP contribution < -0.4 is 0 Å². The Morgan fingerprint density at radius 3 is 2.38 bits per heavy atom. The highest BCUT2D eigenvalue weighted by Crippen LogP contribution is 2.11. The molecule has 0 aliphatic heterocycles. The highest BCUT2D eigenvalue weighted by molar-refractivity contribution is 5.81. The second kappa shape index (κ2) is 6.93. The predicted molar refractivity (Wildman–Crippen MR) is 62.9 cm³/mol. The SMILES string of the molecule is COC(CC(C=O)=Cc1ccccc1)OC. The first kappa shape index (κ1) is 12.6. The van der Waals surface area contributed by atoms with Gasteiger partial charge in [-0.2, -0.15) is 0 Å². The molecule has 86 valence electrons. The molecule has 0 aromatic heterocycles. The molecule has 0 amide bonds. The van der Waals surface area contributed by atoms with E-state index in [9.17, 15) is 4.79 Å². The van der Waals surface area contributed by atoms with Gasteiger partial charge in [0, 0.05) is 20.6 Å². The molecule has 0 saturated heterocycles. The first-order valence-corrected chi connectivity index (χ1v) is 5.06. The van der Waals surface area contributed by atoms with Crippen molar-refractivity contribution in [3.05, 3.63) is 41.5 Å². The number of hydrogen-bond donors (Lipinski definition) is 0. The van der Waals surface area contributed by atoms with Crippen LogP contribution in [0.5, 0.6) is 0 Å². The van der Waals surface area contributed by atoms with Gasteiger partial charge in [-0.05, 0) is 17.2 Å². The summed E-state index contributed by atoms with van der Waals surface area (Å²) in [5.41, 5.74) is 1.65. The van der Waals surface area contributed by atoms with Gasteiger partial charge >= 0.3 is 0 Å². The van der Waals surface area contributed by atoms with Gasteiger partial charge in [0.05, 0.1) is 0 Å². The molecular weight excluding hydrogens is 204 g/mol. The minimum absolute atomic E-state index is 0.375. The molecule has 16 heavy (non-hydrogen) atoms. The molecule has 1 aromatic rings. The maximum atomic E-state index is 10.9. The van der Waals surface area contributed by atoms with Gasteiger partial charge in [0.25, 0.3) is 0 Å². The fourth-order valence-electron chi connectivity index (χ4n) is 1.36. The lowest BCUT2D eigenvalue weighted by molar-refractivity contribution is -0.111. The quantitative estimate of drug-likeness (QED) is 0.419. The fraction of sp³-hybridized carbons (Fsp3) is 0.308. The third kappa shape index (κ3) is 3.96. The third-order valence-electron chi connectivity index (χ3n) is 2.23. The normalized spacial score (nSPS) is 11.8. The van der Waals surface area contributed by atoms with E-state index in [0.717, 1.165) is 11.8 Å². The van der Waals surface area contributed by atoms with E-state index < -0.39 is 0 Å². The summed E-state index contributed by atoms with van der Waals surface area (Å²) in [6.45, 7) is 0. The van der Waals surface area contributed by atoms with Crippen LogP contribution in [0.1, 0.15) is 12.0 Å². The number of hydrogen-bond acceptors (Lipinski definition) is 3. The van der Waals surface area contributed by atoms with Crippen molar-refractivity contribution in [2.45, 2.75) is 12.7 Å². The van der Waals surface area contributed by atoms with Gasteiger partial charge in [-0.3, -0.25) is 4.79 Å². The van der Waals surface area contributed by atoms with Crippen molar-refractivity contribution in [2.75, 3.05) is 14.2 Å². The van der Waals surface area contributed by atoms with Crippen molar-refractivity contribution < 1.29 is 14.3 Å². The summed E-state index contributed by atoms with van der Waals surface area (Å²) in [5.74, 6) is 0. The molecule has 1 rings (SSSR count). The second-order valence-electron chi connectivity index (χ2n) is 3.35. The van der Waals surface area contributed by atoms with E-state index in [2.05, 4.69) is 0 Å². The van der Waals surface area contributed by atoms with E-state index in [4.69, 9.17) is 9.47 Å². The van der Waals surface area contributed by atoms with Crippen molar-refractivity contribution in [1.82, 2.24) is 0 Å². The Hall–Kier alpha value is -1.45. The van der Waals surface area contributed by atoms with Gasteiger partial charge in [-0.1, -0.05) is 30.3 Å². The largest absolute Gasteiger partial charge is 0.356 e. The molecule has 0 atom stereocenters. The molecule has 0 bridgehead atoms. The minimum atomic E-state index is -0.375. The summed E-state index contributed by atoms with van der Waals surface area (Å²) >= 11 is 0. The lowest BCUT2D eigenvalue weighted by Crippen LogP contribution is -2.14. The fourth-order valence-corrected chi connectivity index (χ4v) is 1.36. The number of benzene rings is 1. The van der Waals surface area contributed by atoms with Crippen LogP contribution in [-0.4, -0.2) is 26.8 Å². The maximum absolute atomic E-state index is 10.9. The summed E-state index contributed by atoms with van der Waals surface area (Å²) in [5, 5.41) is 0. The van der Waals surface area contributed by atoms with Crippen molar-refractivity contribution >= 4 is 12.4 Å². The molecule has 1 aromatic carbocycles. The molecule has 3 nitrogen and oxygen atoms in total. The van der Waals surface area contributed by atoms with Gasteiger partial charge in [-0.15, -0.1) is 0 Å². The van der Waals surface area contributed by atoms with E-state index in [-0.39, 0.29) is 6.29 Å². The van der Waals surface area contributed by atoms with Gasteiger partial charge in [0.1, 0.15) is 6.29 Å².